The van der Waals surface area contributed by atoms with Crippen molar-refractivity contribution in [2.24, 2.45) is 0 Å². The molecule has 0 bridgehead atoms. The van der Waals surface area contributed by atoms with Crippen LogP contribution >= 0.6 is 7.82 Å². The molecule has 0 aliphatic heterocycles. The summed E-state index contributed by atoms with van der Waals surface area (Å²) in [5.41, 5.74) is 2.20. The van der Waals surface area contributed by atoms with Crippen LogP contribution in [0.5, 0.6) is 11.5 Å². The van der Waals surface area contributed by atoms with Gasteiger partial charge in [0.15, 0.2) is 5.78 Å². The molecule has 0 saturated heterocycles. The van der Waals surface area contributed by atoms with Crippen molar-refractivity contribution in [2.45, 2.75) is 5.92 Å². The van der Waals surface area contributed by atoms with E-state index in [-0.39, 0.29) is 46.8 Å². The van der Waals surface area contributed by atoms with Crippen molar-refractivity contribution in [2.75, 3.05) is 0 Å². The molecule has 33 heavy (non-hydrogen) atoms. The molecule has 0 radical (unpaired) electrons. The molecule has 0 saturated carbocycles. The summed E-state index contributed by atoms with van der Waals surface area (Å²) in [4.78, 5) is 25.6. The molecule has 1 unspecified atom stereocenters. The number of phosphoric acid groups is 1. The Balaban J connectivity index is 0.00000306. The first-order valence-corrected chi connectivity index (χ1v) is 11.5. The second-order valence-electron chi connectivity index (χ2n) is 7.09. The van der Waals surface area contributed by atoms with Gasteiger partial charge in [0.2, 0.25) is 0 Å². The first kappa shape index (κ1) is 25.0. The summed E-state index contributed by atoms with van der Waals surface area (Å²) in [6.45, 7) is 0. The number of rotatable bonds is 8. The van der Waals surface area contributed by atoms with Gasteiger partial charge in [0.1, 0.15) is 11.5 Å². The summed E-state index contributed by atoms with van der Waals surface area (Å²) < 4.78 is 22.2. The minimum Gasteiger partial charge on any atom is -0.736 e. The molecule has 1 atom stereocenters. The van der Waals surface area contributed by atoms with Gasteiger partial charge in [-0.3, -0.25) is 4.79 Å². The Hall–Kier alpha value is -2.66. The van der Waals surface area contributed by atoms with Gasteiger partial charge in [0, 0.05) is 5.56 Å². The van der Waals surface area contributed by atoms with E-state index >= 15 is 0 Å². The molecule has 0 aliphatic rings. The van der Waals surface area contributed by atoms with Gasteiger partial charge in [0.25, 0.3) is 0 Å². The summed E-state index contributed by atoms with van der Waals surface area (Å²) in [6, 6.07) is 33.2. The molecule has 0 aromatic heterocycles. The van der Waals surface area contributed by atoms with E-state index < -0.39 is 13.7 Å². The molecule has 0 fully saturated rings. The van der Waals surface area contributed by atoms with E-state index in [0.29, 0.717) is 5.56 Å². The Morgan fingerprint density at radius 1 is 0.636 bits per heavy atom. The Kier molecular flexibility index (Phi) is 8.67. The second-order valence-corrected chi connectivity index (χ2v) is 8.35. The van der Waals surface area contributed by atoms with E-state index in [1.54, 1.807) is 30.3 Å². The van der Waals surface area contributed by atoms with Gasteiger partial charge in [-0.1, -0.05) is 78.9 Å². The van der Waals surface area contributed by atoms with Crippen molar-refractivity contribution in [3.05, 3.63) is 132 Å². The second kappa shape index (κ2) is 11.5. The van der Waals surface area contributed by atoms with Crippen LogP contribution in [-0.2, 0) is 4.57 Å². The zero-order valence-corrected chi connectivity index (χ0v) is 20.9. The molecule has 0 aliphatic carbocycles. The summed E-state index contributed by atoms with van der Waals surface area (Å²) in [6.07, 6.45) is 0. The fourth-order valence-corrected chi connectivity index (χ4v) is 4.19. The van der Waals surface area contributed by atoms with Crippen molar-refractivity contribution >= 4 is 13.6 Å². The van der Waals surface area contributed by atoms with E-state index in [4.69, 9.17) is 9.05 Å². The Labute approximate surface area is 214 Å². The standard InChI is InChI=1S/C26H21O5P.Na/c27-26(25(20-10-4-1-5-11-20)21-12-6-2-7-13-21)22-16-18-24(19-17-22)31-32(28,29)30-23-14-8-3-9-15-23;/h1-19,25H,(H,28,29);/q;+1/p-1. The number of hydrogen-bond acceptors (Lipinski definition) is 5. The van der Waals surface area contributed by atoms with Gasteiger partial charge in [0.05, 0.1) is 5.92 Å². The van der Waals surface area contributed by atoms with Gasteiger partial charge >= 0.3 is 37.4 Å². The molecule has 5 nitrogen and oxygen atoms in total. The minimum absolute atomic E-state index is 0. The monoisotopic (exact) mass is 466 g/mol. The summed E-state index contributed by atoms with van der Waals surface area (Å²) in [7, 11) is -4.62. The van der Waals surface area contributed by atoms with Crippen molar-refractivity contribution < 1.29 is 52.9 Å². The number of benzene rings is 4. The van der Waals surface area contributed by atoms with Crippen LogP contribution in [0.3, 0.4) is 0 Å². The molecule has 0 heterocycles. The molecule has 0 N–H and O–H groups in total. The molecule has 4 aromatic rings. The Morgan fingerprint density at radius 2 is 1.03 bits per heavy atom. The predicted octanol–water partition coefficient (Wildman–Crippen LogP) is 2.63. The number of Topliss-reactive ketones (excluding diaryl/α,β-unsaturated/α-hetero) is 1. The van der Waals surface area contributed by atoms with E-state index in [2.05, 4.69) is 0 Å². The number of phosphoric ester groups is 1. The van der Waals surface area contributed by atoms with Crippen molar-refractivity contribution in [3.63, 3.8) is 0 Å². The predicted molar refractivity (Wildman–Crippen MR) is 121 cm³/mol. The fourth-order valence-electron chi connectivity index (χ4n) is 3.39. The topological polar surface area (TPSA) is 75.7 Å². The first-order valence-electron chi connectivity index (χ1n) is 10.0. The van der Waals surface area contributed by atoms with Crippen LogP contribution in [0.2, 0.25) is 0 Å². The van der Waals surface area contributed by atoms with Gasteiger partial charge in [-0.15, -0.1) is 0 Å². The van der Waals surface area contributed by atoms with Gasteiger partial charge in [-0.05, 0) is 47.5 Å². The summed E-state index contributed by atoms with van der Waals surface area (Å²) in [5, 5.41) is 0. The minimum atomic E-state index is -4.62. The quantitative estimate of drug-likeness (QED) is 0.227. The number of ketones is 1. The van der Waals surface area contributed by atoms with Crippen molar-refractivity contribution in [3.8, 4) is 11.5 Å². The largest absolute Gasteiger partial charge is 1.00 e. The third kappa shape index (κ3) is 6.67. The van der Waals surface area contributed by atoms with Gasteiger partial charge < -0.3 is 13.9 Å². The van der Waals surface area contributed by atoms with Crippen LogP contribution in [0.15, 0.2) is 115 Å². The number of carbonyl (C=O) groups is 1. The third-order valence-electron chi connectivity index (χ3n) is 4.84. The van der Waals surface area contributed by atoms with Crippen LogP contribution < -0.4 is 43.5 Å². The first-order chi connectivity index (χ1) is 15.5. The van der Waals surface area contributed by atoms with Crippen molar-refractivity contribution in [1.29, 1.82) is 0 Å². The smallest absolute Gasteiger partial charge is 0.736 e. The molecular formula is C26H20NaO5P. The molecule has 160 valence electrons. The van der Waals surface area contributed by atoms with Crippen LogP contribution in [-0.4, -0.2) is 5.78 Å². The normalized spacial score (nSPS) is 12.3. The third-order valence-corrected chi connectivity index (χ3v) is 5.71. The van der Waals surface area contributed by atoms with Gasteiger partial charge in [-0.2, -0.15) is 0 Å². The van der Waals surface area contributed by atoms with Crippen LogP contribution in [0.25, 0.3) is 0 Å². The van der Waals surface area contributed by atoms with Crippen LogP contribution in [0.4, 0.5) is 0 Å². The number of para-hydroxylation sites is 1. The molecular weight excluding hydrogens is 446 g/mol. The number of hydrogen-bond donors (Lipinski definition) is 0. The molecule has 4 aromatic carbocycles. The average molecular weight is 466 g/mol. The van der Waals surface area contributed by atoms with E-state index in [0.717, 1.165) is 11.1 Å². The fraction of sp³-hybridized carbons (Fsp3) is 0.0385. The van der Waals surface area contributed by atoms with Crippen molar-refractivity contribution in [1.82, 2.24) is 0 Å². The SMILES string of the molecule is O=C(c1ccc(OP(=O)([O-])Oc2ccccc2)cc1)C(c1ccccc1)c1ccccc1.[Na+]. The maximum atomic E-state index is 13.4. The zero-order valence-electron chi connectivity index (χ0n) is 18.0. The Morgan fingerprint density at radius 3 is 1.48 bits per heavy atom. The summed E-state index contributed by atoms with van der Waals surface area (Å²) >= 11 is 0. The molecule has 0 amide bonds. The molecule has 4 rings (SSSR count). The van der Waals surface area contributed by atoms with E-state index in [1.165, 1.54) is 24.3 Å². The maximum absolute atomic E-state index is 13.4. The molecule has 7 heteroatoms. The maximum Gasteiger partial charge on any atom is 1.00 e. The zero-order chi connectivity index (χ0) is 22.4. The Bertz CT molecular complexity index is 1180. The average Bonchev–Trinajstić information content (AvgIpc) is 2.81. The molecule has 0 spiro atoms. The van der Waals surface area contributed by atoms with Crippen LogP contribution in [0.1, 0.15) is 27.4 Å². The van der Waals surface area contributed by atoms with Crippen LogP contribution in [0, 0.1) is 0 Å². The van der Waals surface area contributed by atoms with E-state index in [9.17, 15) is 14.3 Å². The summed E-state index contributed by atoms with van der Waals surface area (Å²) in [5.74, 6) is -0.353. The van der Waals surface area contributed by atoms with E-state index in [1.807, 2.05) is 60.7 Å². The number of carbonyl (C=O) groups excluding carboxylic acids is 1. The van der Waals surface area contributed by atoms with Gasteiger partial charge in [-0.25, -0.2) is 4.57 Å².